The number of para-hydroxylation sites is 1. The average Bonchev–Trinajstić information content (AvgIpc) is 2.95. The zero-order valence-corrected chi connectivity index (χ0v) is 13.6. The van der Waals surface area contributed by atoms with E-state index in [1.807, 2.05) is 36.4 Å². The Hall–Kier alpha value is -2.92. The minimum atomic E-state index is -0.223. The van der Waals surface area contributed by atoms with Crippen molar-refractivity contribution < 1.29 is 0 Å². The van der Waals surface area contributed by atoms with Crippen LogP contribution in [0.3, 0.4) is 0 Å². The minimum Gasteiger partial charge on any atom is -0.349 e. The van der Waals surface area contributed by atoms with Crippen molar-refractivity contribution in [2.24, 2.45) is 5.10 Å². The number of hydrogen-bond donors (Lipinski definition) is 1. The Morgan fingerprint density at radius 2 is 1.92 bits per heavy atom. The second-order valence-corrected chi connectivity index (χ2v) is 5.90. The van der Waals surface area contributed by atoms with Crippen molar-refractivity contribution in [2.75, 3.05) is 0 Å². The smallest absolute Gasteiger partial charge is 0.298 e. The highest BCUT2D eigenvalue weighted by molar-refractivity contribution is 6.30. The summed E-state index contributed by atoms with van der Waals surface area (Å²) in [6.45, 7) is 1.77. The summed E-state index contributed by atoms with van der Waals surface area (Å²) in [6, 6.07) is 14.9. The number of halogens is 1. The molecule has 0 bridgehead atoms. The van der Waals surface area contributed by atoms with Gasteiger partial charge in [-0.3, -0.25) is 4.79 Å². The SMILES string of the molecule is Cc1nc2c([nH]c3ccccc32)c(=O)n1/N=C/c1ccc(Cl)cc1. The van der Waals surface area contributed by atoms with Gasteiger partial charge < -0.3 is 4.98 Å². The molecule has 2 heterocycles. The van der Waals surface area contributed by atoms with Gasteiger partial charge in [-0.1, -0.05) is 41.9 Å². The predicted molar refractivity (Wildman–Crippen MR) is 97.0 cm³/mol. The molecule has 0 amide bonds. The molecule has 0 radical (unpaired) electrons. The molecule has 5 nitrogen and oxygen atoms in total. The maximum atomic E-state index is 12.8. The van der Waals surface area contributed by atoms with Gasteiger partial charge in [0.05, 0.1) is 6.21 Å². The lowest BCUT2D eigenvalue weighted by atomic mass is 10.2. The van der Waals surface area contributed by atoms with Gasteiger partial charge >= 0.3 is 0 Å². The summed E-state index contributed by atoms with van der Waals surface area (Å²) in [4.78, 5) is 20.4. The third-order valence-corrected chi connectivity index (χ3v) is 4.11. The first kappa shape index (κ1) is 14.7. The van der Waals surface area contributed by atoms with E-state index in [4.69, 9.17) is 11.6 Å². The summed E-state index contributed by atoms with van der Waals surface area (Å²) in [7, 11) is 0. The summed E-state index contributed by atoms with van der Waals surface area (Å²) >= 11 is 5.87. The van der Waals surface area contributed by atoms with Crippen molar-refractivity contribution in [3.8, 4) is 0 Å². The van der Waals surface area contributed by atoms with Gasteiger partial charge in [-0.2, -0.15) is 9.78 Å². The Kier molecular flexibility index (Phi) is 3.43. The molecule has 0 fully saturated rings. The standard InChI is InChI=1S/C18H13ClN4O/c1-11-21-16-14-4-2-3-5-15(14)22-17(16)18(24)23(11)20-10-12-6-8-13(19)9-7-12/h2-10,22H,1H3/b20-10+. The van der Waals surface area contributed by atoms with Gasteiger partial charge in [-0.05, 0) is 30.7 Å². The van der Waals surface area contributed by atoms with Crippen molar-refractivity contribution in [1.82, 2.24) is 14.6 Å². The number of hydrogen-bond acceptors (Lipinski definition) is 3. The van der Waals surface area contributed by atoms with Crippen LogP contribution >= 0.6 is 11.6 Å². The summed E-state index contributed by atoms with van der Waals surface area (Å²) in [5, 5.41) is 5.87. The molecule has 1 N–H and O–H groups in total. The number of aromatic nitrogens is 3. The van der Waals surface area contributed by atoms with Crippen LogP contribution in [0.5, 0.6) is 0 Å². The molecule has 0 saturated heterocycles. The number of fused-ring (bicyclic) bond motifs is 3. The fourth-order valence-electron chi connectivity index (χ4n) is 2.67. The summed E-state index contributed by atoms with van der Waals surface area (Å²) < 4.78 is 1.30. The van der Waals surface area contributed by atoms with Crippen molar-refractivity contribution in [3.05, 3.63) is 75.3 Å². The Balaban J connectivity index is 1.88. The van der Waals surface area contributed by atoms with Crippen molar-refractivity contribution >= 4 is 39.8 Å². The zero-order valence-electron chi connectivity index (χ0n) is 12.8. The van der Waals surface area contributed by atoms with E-state index >= 15 is 0 Å². The summed E-state index contributed by atoms with van der Waals surface area (Å²) in [6.07, 6.45) is 1.61. The molecule has 0 aliphatic heterocycles. The van der Waals surface area contributed by atoms with E-state index < -0.39 is 0 Å². The van der Waals surface area contributed by atoms with Gasteiger partial charge in [-0.25, -0.2) is 4.98 Å². The molecule has 0 saturated carbocycles. The van der Waals surface area contributed by atoms with E-state index in [-0.39, 0.29) is 5.56 Å². The highest BCUT2D eigenvalue weighted by Crippen LogP contribution is 2.21. The van der Waals surface area contributed by atoms with Crippen LogP contribution in [0.15, 0.2) is 58.4 Å². The predicted octanol–water partition coefficient (Wildman–Crippen LogP) is 3.72. The molecule has 0 aliphatic rings. The molecule has 118 valence electrons. The molecule has 0 unspecified atom stereocenters. The van der Waals surface area contributed by atoms with Crippen LogP contribution < -0.4 is 5.56 Å². The number of rotatable bonds is 2. The van der Waals surface area contributed by atoms with Crippen LogP contribution in [-0.2, 0) is 0 Å². The first-order valence-corrected chi connectivity index (χ1v) is 7.81. The van der Waals surface area contributed by atoms with E-state index in [9.17, 15) is 4.79 Å². The molecule has 0 spiro atoms. The number of H-pyrrole nitrogens is 1. The third-order valence-electron chi connectivity index (χ3n) is 3.86. The molecule has 0 atom stereocenters. The summed E-state index contributed by atoms with van der Waals surface area (Å²) in [5.41, 5.74) is 2.64. The second kappa shape index (κ2) is 5.62. The highest BCUT2D eigenvalue weighted by Gasteiger charge is 2.12. The lowest BCUT2D eigenvalue weighted by Crippen LogP contribution is -2.20. The number of nitrogens with zero attached hydrogens (tertiary/aromatic N) is 3. The first-order valence-electron chi connectivity index (χ1n) is 7.43. The van der Waals surface area contributed by atoms with Crippen LogP contribution in [0.25, 0.3) is 21.9 Å². The third kappa shape index (κ3) is 2.39. The van der Waals surface area contributed by atoms with Gasteiger partial charge in [0.2, 0.25) is 0 Å². The number of aryl methyl sites for hydroxylation is 1. The topological polar surface area (TPSA) is 63.0 Å². The van der Waals surface area contributed by atoms with Crippen molar-refractivity contribution in [3.63, 3.8) is 0 Å². The first-order chi connectivity index (χ1) is 11.6. The van der Waals surface area contributed by atoms with Crippen LogP contribution in [0, 0.1) is 6.92 Å². The molecule has 4 rings (SSSR count). The Bertz CT molecular complexity index is 1140. The molecule has 6 heteroatoms. The molecule has 2 aromatic heterocycles. The van der Waals surface area contributed by atoms with E-state index in [2.05, 4.69) is 15.1 Å². The van der Waals surface area contributed by atoms with Crippen LogP contribution in [0.2, 0.25) is 5.02 Å². The van der Waals surface area contributed by atoms with E-state index in [0.717, 1.165) is 16.5 Å². The maximum absolute atomic E-state index is 12.8. The largest absolute Gasteiger partial charge is 0.349 e. The Labute approximate surface area is 142 Å². The molecule has 0 aliphatic carbocycles. The monoisotopic (exact) mass is 336 g/mol. The second-order valence-electron chi connectivity index (χ2n) is 5.47. The number of aromatic amines is 1. The van der Waals surface area contributed by atoms with E-state index in [1.54, 1.807) is 25.3 Å². The molecule has 24 heavy (non-hydrogen) atoms. The van der Waals surface area contributed by atoms with Gasteiger partial charge in [0.25, 0.3) is 5.56 Å². The lowest BCUT2D eigenvalue weighted by Gasteiger charge is -2.03. The zero-order chi connectivity index (χ0) is 16.7. The van der Waals surface area contributed by atoms with Crippen LogP contribution in [-0.4, -0.2) is 20.9 Å². The highest BCUT2D eigenvalue weighted by atomic mass is 35.5. The van der Waals surface area contributed by atoms with Crippen LogP contribution in [0.1, 0.15) is 11.4 Å². The van der Waals surface area contributed by atoms with Gasteiger partial charge in [0, 0.05) is 15.9 Å². The molecular formula is C18H13ClN4O. The summed E-state index contributed by atoms with van der Waals surface area (Å²) in [5.74, 6) is 0.530. The fraction of sp³-hybridized carbons (Fsp3) is 0.0556. The number of nitrogens with one attached hydrogen (secondary N) is 1. The van der Waals surface area contributed by atoms with Crippen LogP contribution in [0.4, 0.5) is 0 Å². The van der Waals surface area contributed by atoms with Gasteiger partial charge in [0.1, 0.15) is 16.9 Å². The molecule has 2 aromatic carbocycles. The average molecular weight is 337 g/mol. The van der Waals surface area contributed by atoms with E-state index in [0.29, 0.717) is 21.9 Å². The lowest BCUT2D eigenvalue weighted by molar-refractivity contribution is 0.770. The normalized spacial score (nSPS) is 11.8. The Morgan fingerprint density at radius 1 is 1.17 bits per heavy atom. The van der Waals surface area contributed by atoms with Crippen molar-refractivity contribution in [1.29, 1.82) is 0 Å². The quantitative estimate of drug-likeness (QED) is 0.567. The molecule has 4 aromatic rings. The fourth-order valence-corrected chi connectivity index (χ4v) is 2.80. The van der Waals surface area contributed by atoms with Gasteiger partial charge in [-0.15, -0.1) is 0 Å². The number of benzene rings is 2. The Morgan fingerprint density at radius 3 is 2.71 bits per heavy atom. The van der Waals surface area contributed by atoms with E-state index in [1.165, 1.54) is 4.68 Å². The van der Waals surface area contributed by atoms with Gasteiger partial charge in [0.15, 0.2) is 0 Å². The maximum Gasteiger partial charge on any atom is 0.298 e. The molecular weight excluding hydrogens is 324 g/mol. The minimum absolute atomic E-state index is 0.223. The van der Waals surface area contributed by atoms with Crippen molar-refractivity contribution in [2.45, 2.75) is 6.92 Å².